The molecule has 2 aromatic rings. The van der Waals surface area contributed by atoms with Crippen molar-refractivity contribution in [1.82, 2.24) is 0 Å². The summed E-state index contributed by atoms with van der Waals surface area (Å²) < 4.78 is 11.6. The minimum absolute atomic E-state index is 0.152. The third-order valence-corrected chi connectivity index (χ3v) is 3.93. The molecule has 0 bridgehead atoms. The molecule has 0 fully saturated rings. The molecule has 25 heavy (non-hydrogen) atoms. The van der Waals surface area contributed by atoms with E-state index >= 15 is 0 Å². The number of halogens is 1. The number of carbonyl (C=O) groups is 2. The van der Waals surface area contributed by atoms with E-state index in [1.165, 1.54) is 0 Å². The smallest absolute Gasteiger partial charge is 0.340 e. The molecule has 1 N–H and O–H groups in total. The van der Waals surface area contributed by atoms with Gasteiger partial charge in [-0.15, -0.1) is 0 Å². The van der Waals surface area contributed by atoms with Gasteiger partial charge in [0.1, 0.15) is 5.75 Å². The van der Waals surface area contributed by atoms with Crippen LogP contribution < -0.4 is 10.1 Å². The second-order valence-corrected chi connectivity index (χ2v) is 6.39. The van der Waals surface area contributed by atoms with Gasteiger partial charge in [-0.3, -0.25) is 4.79 Å². The van der Waals surface area contributed by atoms with E-state index in [2.05, 4.69) is 21.2 Å². The number of anilines is 1. The topological polar surface area (TPSA) is 64.6 Å². The summed E-state index contributed by atoms with van der Waals surface area (Å²) >= 11 is 3.43. The number of esters is 1. The quantitative estimate of drug-likeness (QED) is 0.729. The first-order valence-electron chi connectivity index (χ1n) is 7.88. The Labute approximate surface area is 155 Å². The third-order valence-electron chi connectivity index (χ3n) is 3.47. The molecule has 0 spiro atoms. The summed E-state index contributed by atoms with van der Waals surface area (Å²) in [6.07, 6.45) is 0. The van der Waals surface area contributed by atoms with Gasteiger partial charge in [0.15, 0.2) is 6.61 Å². The number of ether oxygens (including phenoxy) is 2. The summed E-state index contributed by atoms with van der Waals surface area (Å²) in [5, 5.41) is 2.70. The van der Waals surface area contributed by atoms with Crippen LogP contribution >= 0.6 is 15.9 Å². The van der Waals surface area contributed by atoms with Gasteiger partial charge in [0, 0.05) is 4.47 Å². The second-order valence-electron chi connectivity index (χ2n) is 5.47. The molecule has 0 aromatic heterocycles. The van der Waals surface area contributed by atoms with Gasteiger partial charge in [0.25, 0.3) is 5.91 Å². The molecule has 0 saturated carbocycles. The minimum atomic E-state index is -0.473. The number of carbonyl (C=O) groups excluding carboxylic acids is 2. The van der Waals surface area contributed by atoms with Crippen LogP contribution in [-0.2, 0) is 9.53 Å². The third kappa shape index (κ3) is 5.06. The number of hydrogen-bond donors (Lipinski definition) is 1. The number of para-hydroxylation sites is 1. The summed E-state index contributed by atoms with van der Waals surface area (Å²) in [5.41, 5.74) is 2.59. The number of benzene rings is 2. The van der Waals surface area contributed by atoms with Crippen molar-refractivity contribution in [2.24, 2.45) is 0 Å². The van der Waals surface area contributed by atoms with Gasteiger partial charge < -0.3 is 14.8 Å². The number of hydrogen-bond acceptors (Lipinski definition) is 4. The molecule has 0 aliphatic carbocycles. The maximum absolute atomic E-state index is 12.2. The van der Waals surface area contributed by atoms with E-state index in [9.17, 15) is 9.59 Å². The van der Waals surface area contributed by atoms with Gasteiger partial charge in [0.05, 0.1) is 17.9 Å². The summed E-state index contributed by atoms with van der Waals surface area (Å²) in [4.78, 5) is 24.1. The zero-order valence-corrected chi connectivity index (χ0v) is 16.0. The van der Waals surface area contributed by atoms with Crippen molar-refractivity contribution < 1.29 is 19.1 Å². The molecule has 1 amide bonds. The Morgan fingerprint density at radius 3 is 2.40 bits per heavy atom. The van der Waals surface area contributed by atoms with E-state index in [0.29, 0.717) is 17.0 Å². The van der Waals surface area contributed by atoms with Crippen molar-refractivity contribution >= 4 is 33.5 Å². The second kappa shape index (κ2) is 8.67. The average Bonchev–Trinajstić information content (AvgIpc) is 2.54. The van der Waals surface area contributed by atoms with Crippen molar-refractivity contribution in [3.05, 3.63) is 57.6 Å². The number of amides is 1. The first-order valence-corrected chi connectivity index (χ1v) is 8.67. The molecular formula is C19H20BrNO4. The fraction of sp³-hybridized carbons (Fsp3) is 0.263. The van der Waals surface area contributed by atoms with Crippen LogP contribution in [0.4, 0.5) is 5.69 Å². The number of aryl methyl sites for hydroxylation is 2. The van der Waals surface area contributed by atoms with Crippen LogP contribution in [0.25, 0.3) is 0 Å². The Morgan fingerprint density at radius 2 is 1.76 bits per heavy atom. The van der Waals surface area contributed by atoms with Crippen molar-refractivity contribution in [2.75, 3.05) is 18.5 Å². The molecule has 0 saturated heterocycles. The van der Waals surface area contributed by atoms with E-state index in [-0.39, 0.29) is 19.1 Å². The maximum Gasteiger partial charge on any atom is 0.340 e. The highest BCUT2D eigenvalue weighted by Crippen LogP contribution is 2.27. The largest absolute Gasteiger partial charge is 0.483 e. The highest BCUT2D eigenvalue weighted by atomic mass is 79.9. The highest BCUT2D eigenvalue weighted by molar-refractivity contribution is 9.10. The lowest BCUT2D eigenvalue weighted by molar-refractivity contribution is -0.118. The van der Waals surface area contributed by atoms with Gasteiger partial charge in [-0.1, -0.05) is 28.1 Å². The standard InChI is InChI=1S/C19H20BrNO4/c1-4-24-19(23)15-7-5-6-8-16(15)21-17(22)11-25-18-12(2)9-14(20)10-13(18)3/h5-10H,4,11H2,1-3H3,(H,21,22). The molecule has 0 aliphatic heterocycles. The maximum atomic E-state index is 12.2. The van der Waals surface area contributed by atoms with E-state index in [4.69, 9.17) is 9.47 Å². The fourth-order valence-electron chi connectivity index (χ4n) is 2.43. The van der Waals surface area contributed by atoms with Crippen molar-refractivity contribution in [3.63, 3.8) is 0 Å². The molecule has 0 unspecified atom stereocenters. The van der Waals surface area contributed by atoms with Crippen LogP contribution in [0.3, 0.4) is 0 Å². The predicted octanol–water partition coefficient (Wildman–Crippen LogP) is 4.26. The SMILES string of the molecule is CCOC(=O)c1ccccc1NC(=O)COc1c(C)cc(Br)cc1C. The zero-order valence-electron chi connectivity index (χ0n) is 14.4. The fourth-order valence-corrected chi connectivity index (χ4v) is 3.11. The Morgan fingerprint density at radius 1 is 1.12 bits per heavy atom. The molecule has 0 radical (unpaired) electrons. The van der Waals surface area contributed by atoms with E-state index in [1.807, 2.05) is 26.0 Å². The molecule has 6 heteroatoms. The van der Waals surface area contributed by atoms with Crippen LogP contribution in [0, 0.1) is 13.8 Å². The van der Waals surface area contributed by atoms with Gasteiger partial charge >= 0.3 is 5.97 Å². The molecular weight excluding hydrogens is 386 g/mol. The monoisotopic (exact) mass is 405 g/mol. The molecule has 2 aromatic carbocycles. The lowest BCUT2D eigenvalue weighted by Gasteiger charge is -2.14. The van der Waals surface area contributed by atoms with Crippen LogP contribution in [0.5, 0.6) is 5.75 Å². The first kappa shape index (κ1) is 19.0. The highest BCUT2D eigenvalue weighted by Gasteiger charge is 2.15. The first-order chi connectivity index (χ1) is 11.9. The zero-order chi connectivity index (χ0) is 18.4. The van der Waals surface area contributed by atoms with Crippen molar-refractivity contribution in [2.45, 2.75) is 20.8 Å². The molecule has 2 rings (SSSR count). The van der Waals surface area contributed by atoms with E-state index in [1.54, 1.807) is 31.2 Å². The Balaban J connectivity index is 2.06. The average molecular weight is 406 g/mol. The summed E-state index contributed by atoms with van der Waals surface area (Å²) in [7, 11) is 0. The minimum Gasteiger partial charge on any atom is -0.483 e. The van der Waals surface area contributed by atoms with Crippen molar-refractivity contribution in [1.29, 1.82) is 0 Å². The van der Waals surface area contributed by atoms with Crippen LogP contribution in [-0.4, -0.2) is 25.1 Å². The van der Waals surface area contributed by atoms with Gasteiger partial charge in [0.2, 0.25) is 0 Å². The molecule has 0 heterocycles. The van der Waals surface area contributed by atoms with Gasteiger partial charge in [-0.25, -0.2) is 4.79 Å². The summed E-state index contributed by atoms with van der Waals surface area (Å²) in [6, 6.07) is 10.6. The normalized spacial score (nSPS) is 10.2. The molecule has 0 aliphatic rings. The van der Waals surface area contributed by atoms with Crippen molar-refractivity contribution in [3.8, 4) is 5.75 Å². The predicted molar refractivity (Wildman–Crippen MR) is 100 cm³/mol. The van der Waals surface area contributed by atoms with E-state index in [0.717, 1.165) is 15.6 Å². The Bertz CT molecular complexity index is 766. The van der Waals surface area contributed by atoms with Gasteiger partial charge in [-0.2, -0.15) is 0 Å². The summed E-state index contributed by atoms with van der Waals surface area (Å²) in [6.45, 7) is 5.69. The lowest BCUT2D eigenvalue weighted by Crippen LogP contribution is -2.22. The number of rotatable bonds is 6. The Kier molecular flexibility index (Phi) is 6.58. The van der Waals surface area contributed by atoms with E-state index < -0.39 is 5.97 Å². The summed E-state index contributed by atoms with van der Waals surface area (Å²) in [5.74, 6) is -0.144. The Hall–Kier alpha value is -2.34. The van der Waals surface area contributed by atoms with Gasteiger partial charge in [-0.05, 0) is 56.2 Å². The molecule has 132 valence electrons. The lowest BCUT2D eigenvalue weighted by atomic mass is 10.1. The van der Waals surface area contributed by atoms with Crippen LogP contribution in [0.15, 0.2) is 40.9 Å². The molecule has 5 nitrogen and oxygen atoms in total. The van der Waals surface area contributed by atoms with Crippen LogP contribution in [0.2, 0.25) is 0 Å². The molecule has 0 atom stereocenters. The van der Waals surface area contributed by atoms with Crippen LogP contribution in [0.1, 0.15) is 28.4 Å². The number of nitrogens with one attached hydrogen (secondary N) is 1.